The van der Waals surface area contributed by atoms with Crippen LogP contribution in [0.3, 0.4) is 0 Å². The lowest BCUT2D eigenvalue weighted by atomic mass is 9.90. The Kier molecular flexibility index (Phi) is 6.04. The van der Waals surface area contributed by atoms with Crippen molar-refractivity contribution in [2.75, 3.05) is 0 Å². The van der Waals surface area contributed by atoms with E-state index in [0.29, 0.717) is 11.3 Å². The van der Waals surface area contributed by atoms with Crippen LogP contribution >= 0.6 is 0 Å². The predicted octanol–water partition coefficient (Wildman–Crippen LogP) is 7.01. The van der Waals surface area contributed by atoms with Crippen molar-refractivity contribution in [3.05, 3.63) is 64.3 Å². The van der Waals surface area contributed by atoms with E-state index in [1.807, 2.05) is 30.3 Å². The van der Waals surface area contributed by atoms with Gasteiger partial charge in [0.25, 0.3) is 0 Å². The van der Waals surface area contributed by atoms with E-state index in [-0.39, 0.29) is 24.9 Å². The highest BCUT2D eigenvalue weighted by Gasteiger charge is 2.31. The zero-order valence-corrected chi connectivity index (χ0v) is 18.9. The second kappa shape index (κ2) is 9.01. The fraction of sp³-hybridized carbons (Fsp3) is 0.444. The molecule has 2 aliphatic carbocycles. The van der Waals surface area contributed by atoms with Crippen LogP contribution in [0.5, 0.6) is 5.75 Å². The Hall–Kier alpha value is -2.96. The minimum Gasteiger partial charge on any atom is -0.489 e. The lowest BCUT2D eigenvalue weighted by molar-refractivity contribution is -0.137. The molecule has 180 valence electrons. The smallest absolute Gasteiger partial charge is 0.393 e. The van der Waals surface area contributed by atoms with Crippen LogP contribution in [0.25, 0.3) is 10.9 Å². The Morgan fingerprint density at radius 3 is 2.62 bits per heavy atom. The molecule has 1 saturated carbocycles. The van der Waals surface area contributed by atoms with Crippen molar-refractivity contribution in [3.8, 4) is 5.75 Å². The first kappa shape index (κ1) is 22.8. The number of fused-ring (bicyclic) bond motifs is 3. The topological polar surface area (TPSA) is 62.3 Å². The van der Waals surface area contributed by atoms with Crippen molar-refractivity contribution in [3.63, 3.8) is 0 Å². The summed E-state index contributed by atoms with van der Waals surface area (Å²) in [4.78, 5) is 14.5. The number of hydrogen-bond acceptors (Lipinski definition) is 2. The molecule has 34 heavy (non-hydrogen) atoms. The average Bonchev–Trinajstić information content (AvgIpc) is 3.49. The van der Waals surface area contributed by atoms with Crippen LogP contribution in [0.2, 0.25) is 0 Å². The van der Waals surface area contributed by atoms with Gasteiger partial charge in [0, 0.05) is 22.5 Å². The maximum Gasteiger partial charge on any atom is 0.393 e. The van der Waals surface area contributed by atoms with Gasteiger partial charge in [0.1, 0.15) is 12.4 Å². The first-order valence-electron chi connectivity index (χ1n) is 11.9. The molecule has 1 fully saturated rings. The van der Waals surface area contributed by atoms with Gasteiger partial charge in [-0.15, -0.1) is 0 Å². The Labute approximate surface area is 196 Å². The highest BCUT2D eigenvalue weighted by atomic mass is 19.4. The van der Waals surface area contributed by atoms with Crippen LogP contribution in [0, 0.1) is 0 Å². The summed E-state index contributed by atoms with van der Waals surface area (Å²) >= 11 is 0. The Morgan fingerprint density at radius 1 is 1.09 bits per heavy atom. The molecule has 0 saturated heterocycles. The zero-order valence-electron chi connectivity index (χ0n) is 18.9. The SMILES string of the molecule is O=C(O)CC1CCc2c1[nH]c1ccc(OCc3ccc(C4CCCC4)c(CC(F)(F)F)c3)cc21. The van der Waals surface area contributed by atoms with Crippen LogP contribution in [-0.2, 0) is 24.2 Å². The number of halogens is 3. The number of ether oxygens (including phenoxy) is 1. The highest BCUT2D eigenvalue weighted by molar-refractivity contribution is 5.87. The van der Waals surface area contributed by atoms with E-state index in [0.717, 1.165) is 71.8 Å². The molecular weight excluding hydrogens is 443 g/mol. The largest absolute Gasteiger partial charge is 0.489 e. The first-order chi connectivity index (χ1) is 16.3. The van der Waals surface area contributed by atoms with E-state index in [2.05, 4.69) is 4.98 Å². The summed E-state index contributed by atoms with van der Waals surface area (Å²) in [5.74, 6) is 0.0580. The average molecular weight is 472 g/mol. The number of H-pyrrole nitrogens is 1. The third-order valence-electron chi connectivity index (χ3n) is 7.28. The summed E-state index contributed by atoms with van der Waals surface area (Å²) in [7, 11) is 0. The summed E-state index contributed by atoms with van der Waals surface area (Å²) in [6, 6.07) is 11.1. The molecule has 2 aromatic carbocycles. The van der Waals surface area contributed by atoms with Crippen LogP contribution in [0.1, 0.15) is 78.3 Å². The fourth-order valence-corrected chi connectivity index (χ4v) is 5.75. The number of aliphatic carboxylic acids is 1. The Morgan fingerprint density at radius 2 is 1.88 bits per heavy atom. The van der Waals surface area contributed by atoms with Gasteiger partial charge in [0.05, 0.1) is 12.8 Å². The Bertz CT molecular complexity index is 1210. The van der Waals surface area contributed by atoms with Crippen molar-refractivity contribution in [1.29, 1.82) is 0 Å². The first-order valence-corrected chi connectivity index (χ1v) is 11.9. The minimum absolute atomic E-state index is 0.00490. The van der Waals surface area contributed by atoms with Crippen LogP contribution in [-0.4, -0.2) is 22.2 Å². The van der Waals surface area contributed by atoms with Crippen molar-refractivity contribution in [2.45, 2.75) is 76.0 Å². The molecule has 0 radical (unpaired) electrons. The molecule has 1 aromatic heterocycles. The number of carbonyl (C=O) groups is 1. The summed E-state index contributed by atoms with van der Waals surface area (Å²) in [6.07, 6.45) is 0.637. The molecule has 1 heterocycles. The molecule has 5 rings (SSSR count). The molecular formula is C27H28F3NO3. The lowest BCUT2D eigenvalue weighted by Gasteiger charge is -2.18. The van der Waals surface area contributed by atoms with E-state index >= 15 is 0 Å². The number of aromatic nitrogens is 1. The second-order valence-electron chi connectivity index (χ2n) is 9.65. The van der Waals surface area contributed by atoms with Crippen LogP contribution in [0.4, 0.5) is 13.2 Å². The standard InChI is InChI=1S/C27H28F3NO3/c28-27(29,30)14-19-11-16(5-8-21(19)17-3-1-2-4-17)15-34-20-7-10-24-23(13-20)22-9-6-18(12-25(32)33)26(22)31-24/h5,7-8,10-11,13,17-18,31H,1-4,6,9,12,14-15H2,(H,32,33). The summed E-state index contributed by atoms with van der Waals surface area (Å²) in [6.45, 7) is 0.190. The van der Waals surface area contributed by atoms with E-state index in [4.69, 9.17) is 9.84 Å². The Balaban J connectivity index is 1.35. The molecule has 7 heteroatoms. The van der Waals surface area contributed by atoms with Gasteiger partial charge >= 0.3 is 12.1 Å². The molecule has 1 unspecified atom stereocenters. The molecule has 0 amide bonds. The summed E-state index contributed by atoms with van der Waals surface area (Å²) in [5.41, 5.74) is 5.00. The molecule has 0 aliphatic heterocycles. The molecule has 0 spiro atoms. The fourth-order valence-electron chi connectivity index (χ4n) is 5.75. The number of nitrogens with one attached hydrogen (secondary N) is 1. The zero-order chi connectivity index (χ0) is 23.9. The number of aryl methyl sites for hydroxylation is 1. The van der Waals surface area contributed by atoms with Gasteiger partial charge in [-0.3, -0.25) is 4.79 Å². The highest BCUT2D eigenvalue weighted by Crippen LogP contribution is 2.41. The van der Waals surface area contributed by atoms with Crippen LogP contribution in [0.15, 0.2) is 36.4 Å². The van der Waals surface area contributed by atoms with Gasteiger partial charge < -0.3 is 14.8 Å². The van der Waals surface area contributed by atoms with Gasteiger partial charge in [-0.05, 0) is 72.1 Å². The predicted molar refractivity (Wildman–Crippen MR) is 123 cm³/mol. The molecule has 2 N–H and O–H groups in total. The minimum atomic E-state index is -4.25. The van der Waals surface area contributed by atoms with Gasteiger partial charge in [0.15, 0.2) is 0 Å². The quantitative estimate of drug-likeness (QED) is 0.389. The van der Waals surface area contributed by atoms with Crippen molar-refractivity contribution >= 4 is 16.9 Å². The van der Waals surface area contributed by atoms with Gasteiger partial charge in [-0.25, -0.2) is 0 Å². The van der Waals surface area contributed by atoms with Crippen LogP contribution < -0.4 is 4.74 Å². The van der Waals surface area contributed by atoms with Gasteiger partial charge in [-0.1, -0.05) is 31.0 Å². The number of aromatic amines is 1. The normalized spacial score (nSPS) is 18.5. The maximum atomic E-state index is 13.2. The maximum absolute atomic E-state index is 13.2. The molecule has 3 aromatic rings. The number of hydrogen-bond donors (Lipinski definition) is 2. The number of rotatable bonds is 7. The number of alkyl halides is 3. The van der Waals surface area contributed by atoms with E-state index < -0.39 is 18.6 Å². The van der Waals surface area contributed by atoms with Crippen molar-refractivity contribution < 1.29 is 27.8 Å². The summed E-state index contributed by atoms with van der Waals surface area (Å²) < 4.78 is 45.7. The molecule has 0 bridgehead atoms. The molecule has 1 atom stereocenters. The lowest BCUT2D eigenvalue weighted by Crippen LogP contribution is -2.14. The van der Waals surface area contributed by atoms with E-state index in [1.54, 1.807) is 6.07 Å². The molecule has 2 aliphatic rings. The number of carboxylic acid groups (broad SMARTS) is 1. The monoisotopic (exact) mass is 471 g/mol. The third kappa shape index (κ3) is 4.79. The van der Waals surface area contributed by atoms with E-state index in [1.165, 1.54) is 0 Å². The van der Waals surface area contributed by atoms with E-state index in [9.17, 15) is 18.0 Å². The number of carboxylic acids is 1. The van der Waals surface area contributed by atoms with Crippen molar-refractivity contribution in [2.24, 2.45) is 0 Å². The number of benzene rings is 2. The van der Waals surface area contributed by atoms with Gasteiger partial charge in [-0.2, -0.15) is 13.2 Å². The second-order valence-corrected chi connectivity index (χ2v) is 9.65. The van der Waals surface area contributed by atoms with Gasteiger partial charge in [0.2, 0.25) is 0 Å². The third-order valence-corrected chi connectivity index (χ3v) is 7.28. The van der Waals surface area contributed by atoms with Crippen molar-refractivity contribution in [1.82, 2.24) is 4.98 Å². The molecule has 4 nitrogen and oxygen atoms in total. The summed E-state index contributed by atoms with van der Waals surface area (Å²) in [5, 5.41) is 10.2.